The van der Waals surface area contributed by atoms with Crippen molar-refractivity contribution in [2.75, 3.05) is 5.32 Å². The molecule has 1 aliphatic heterocycles. The average Bonchev–Trinajstić information content (AvgIpc) is 2.70. The molecule has 0 radical (unpaired) electrons. The van der Waals surface area contributed by atoms with E-state index in [-0.39, 0.29) is 10.4 Å². The van der Waals surface area contributed by atoms with E-state index >= 15 is 0 Å². The lowest BCUT2D eigenvalue weighted by Gasteiger charge is -2.10. The Morgan fingerprint density at radius 2 is 1.86 bits per heavy atom. The third-order valence-corrected chi connectivity index (χ3v) is 3.89. The molecule has 112 valence electrons. The minimum atomic E-state index is -1.72. The van der Waals surface area contributed by atoms with E-state index in [1.807, 2.05) is 0 Å². The molecule has 1 fully saturated rings. The van der Waals surface area contributed by atoms with Crippen LogP contribution in [0.3, 0.4) is 0 Å². The number of amides is 2. The summed E-state index contributed by atoms with van der Waals surface area (Å²) in [6, 6.07) is 0.0268. The Balaban J connectivity index is 2.14. The van der Waals surface area contributed by atoms with Gasteiger partial charge in [-0.15, -0.1) is 0 Å². The maximum atomic E-state index is 13.4. The van der Waals surface area contributed by atoms with Crippen molar-refractivity contribution in [1.29, 1.82) is 0 Å². The fourth-order valence-corrected chi connectivity index (χ4v) is 2.84. The largest absolute Gasteiger partial charge is 0.321 e. The van der Waals surface area contributed by atoms with Crippen molar-refractivity contribution in [1.82, 2.24) is 5.32 Å². The summed E-state index contributed by atoms with van der Waals surface area (Å²) in [6.45, 7) is 0. The van der Waals surface area contributed by atoms with Gasteiger partial charge in [-0.25, -0.2) is 17.6 Å². The summed E-state index contributed by atoms with van der Waals surface area (Å²) in [6.07, 6.45) is -0.451. The third kappa shape index (κ3) is 3.32. The highest BCUT2D eigenvalue weighted by Crippen LogP contribution is 2.26. The van der Waals surface area contributed by atoms with Gasteiger partial charge < -0.3 is 10.6 Å². The lowest BCUT2D eigenvalue weighted by Crippen LogP contribution is -2.28. The molecule has 0 aromatic heterocycles. The number of hydrogen-bond donors (Lipinski definition) is 2. The van der Waals surface area contributed by atoms with Crippen molar-refractivity contribution in [3.63, 3.8) is 0 Å². The molecular formula is C11H6F4N2O2S2. The first-order valence-corrected chi connectivity index (χ1v) is 6.72. The zero-order valence-electron chi connectivity index (χ0n) is 10.0. The molecule has 0 aliphatic carbocycles. The average molecular weight is 338 g/mol. The van der Waals surface area contributed by atoms with Crippen molar-refractivity contribution in [2.24, 2.45) is 0 Å². The van der Waals surface area contributed by atoms with Crippen LogP contribution in [-0.4, -0.2) is 21.4 Å². The molecule has 2 amide bonds. The predicted octanol–water partition coefficient (Wildman–Crippen LogP) is 2.09. The van der Waals surface area contributed by atoms with Crippen LogP contribution in [0.2, 0.25) is 0 Å². The molecule has 21 heavy (non-hydrogen) atoms. The van der Waals surface area contributed by atoms with Crippen molar-refractivity contribution in [3.8, 4) is 0 Å². The van der Waals surface area contributed by atoms with E-state index in [0.717, 1.165) is 11.8 Å². The van der Waals surface area contributed by atoms with Crippen LogP contribution in [0.4, 0.5) is 23.2 Å². The highest BCUT2D eigenvalue weighted by molar-refractivity contribution is 8.24. The van der Waals surface area contributed by atoms with Crippen LogP contribution in [0.5, 0.6) is 0 Å². The van der Waals surface area contributed by atoms with Crippen LogP contribution in [0.1, 0.15) is 6.42 Å². The highest BCUT2D eigenvalue weighted by Gasteiger charge is 2.31. The summed E-state index contributed by atoms with van der Waals surface area (Å²) in [5, 5.41) is 3.14. The van der Waals surface area contributed by atoms with Gasteiger partial charge in [0.05, 0.1) is 5.25 Å². The van der Waals surface area contributed by atoms with Crippen molar-refractivity contribution >= 4 is 45.8 Å². The second-order valence-corrected chi connectivity index (χ2v) is 5.86. The van der Waals surface area contributed by atoms with Gasteiger partial charge in [0.25, 0.3) is 0 Å². The number of thiocarbonyl (C=S) groups is 1. The van der Waals surface area contributed by atoms with Crippen LogP contribution in [-0.2, 0) is 9.59 Å². The van der Waals surface area contributed by atoms with Gasteiger partial charge >= 0.3 is 0 Å². The zero-order valence-corrected chi connectivity index (χ0v) is 11.6. The van der Waals surface area contributed by atoms with Crippen molar-refractivity contribution in [3.05, 3.63) is 29.3 Å². The molecule has 0 spiro atoms. The molecule has 0 unspecified atom stereocenters. The first kappa shape index (κ1) is 15.7. The third-order valence-electron chi connectivity index (χ3n) is 2.51. The maximum absolute atomic E-state index is 13.4. The number of rotatable bonds is 3. The Labute approximate surface area is 125 Å². The standard InChI is InChI=1S/C11H6F4N2O2S2/c12-3-1-4(13)8(15)9(7(3)14)16-6(18)2-5-10(19)17-11(20)21-5/h1,5H,2H2,(H,16,18)(H,17,19,20)/t5-/m0/s1. The Hall–Kier alpha value is -1.68. The fraction of sp³-hybridized carbons (Fsp3) is 0.182. The molecule has 10 heteroatoms. The zero-order chi connectivity index (χ0) is 15.7. The van der Waals surface area contributed by atoms with Crippen LogP contribution >= 0.6 is 24.0 Å². The number of nitrogens with one attached hydrogen (secondary N) is 2. The molecule has 1 heterocycles. The Morgan fingerprint density at radius 3 is 2.33 bits per heavy atom. The van der Waals surface area contributed by atoms with E-state index in [4.69, 9.17) is 12.2 Å². The van der Waals surface area contributed by atoms with Crippen LogP contribution in [0, 0.1) is 23.3 Å². The van der Waals surface area contributed by atoms with Gasteiger partial charge in [-0.2, -0.15) is 0 Å². The summed E-state index contributed by atoms with van der Waals surface area (Å²) in [7, 11) is 0. The van der Waals surface area contributed by atoms with Gasteiger partial charge in [0, 0.05) is 12.5 Å². The summed E-state index contributed by atoms with van der Waals surface area (Å²) >= 11 is 5.61. The quantitative estimate of drug-likeness (QED) is 0.503. The number of anilines is 1. The first-order valence-electron chi connectivity index (χ1n) is 5.44. The van der Waals surface area contributed by atoms with E-state index in [9.17, 15) is 27.2 Å². The molecule has 1 atom stereocenters. The first-order chi connectivity index (χ1) is 9.79. The molecule has 2 rings (SSSR count). The summed E-state index contributed by atoms with van der Waals surface area (Å²) in [4.78, 5) is 23.0. The smallest absolute Gasteiger partial charge is 0.239 e. The second kappa shape index (κ2) is 5.98. The molecule has 1 saturated heterocycles. The second-order valence-electron chi connectivity index (χ2n) is 3.98. The lowest BCUT2D eigenvalue weighted by atomic mass is 10.2. The lowest BCUT2D eigenvalue weighted by molar-refractivity contribution is -0.122. The summed E-state index contributed by atoms with van der Waals surface area (Å²) in [5.41, 5.74) is -1.23. The normalized spacial score (nSPS) is 17.8. The monoisotopic (exact) mass is 338 g/mol. The minimum Gasteiger partial charge on any atom is -0.321 e. The number of thioether (sulfide) groups is 1. The Morgan fingerprint density at radius 1 is 1.29 bits per heavy atom. The van der Waals surface area contributed by atoms with Gasteiger partial charge in [0.15, 0.2) is 23.3 Å². The highest BCUT2D eigenvalue weighted by atomic mass is 32.2. The maximum Gasteiger partial charge on any atom is 0.239 e. The van der Waals surface area contributed by atoms with Crippen LogP contribution < -0.4 is 10.6 Å². The summed E-state index contributed by atoms with van der Waals surface area (Å²) < 4.78 is 52.8. The Bertz CT molecular complexity index is 627. The van der Waals surface area contributed by atoms with Gasteiger partial charge in [-0.05, 0) is 0 Å². The van der Waals surface area contributed by atoms with E-state index in [2.05, 4.69) is 5.32 Å². The fourth-order valence-electron chi connectivity index (χ4n) is 1.57. The number of benzene rings is 1. The molecule has 2 N–H and O–H groups in total. The molecule has 0 saturated carbocycles. The van der Waals surface area contributed by atoms with Gasteiger partial charge in [-0.3, -0.25) is 9.59 Å². The van der Waals surface area contributed by atoms with Crippen LogP contribution in [0.25, 0.3) is 0 Å². The van der Waals surface area contributed by atoms with Crippen LogP contribution in [0.15, 0.2) is 6.07 Å². The number of carbonyl (C=O) groups is 2. The van der Waals surface area contributed by atoms with Crippen molar-refractivity contribution < 1.29 is 27.2 Å². The molecule has 4 nitrogen and oxygen atoms in total. The van der Waals surface area contributed by atoms with E-state index < -0.39 is 52.4 Å². The van der Waals surface area contributed by atoms with E-state index in [0.29, 0.717) is 0 Å². The Kier molecular flexibility index (Phi) is 4.47. The predicted molar refractivity (Wildman–Crippen MR) is 71.6 cm³/mol. The molecule has 0 bridgehead atoms. The number of carbonyl (C=O) groups excluding carboxylic acids is 2. The molecule has 1 aromatic carbocycles. The molecule has 1 aliphatic rings. The van der Waals surface area contributed by atoms with Crippen molar-refractivity contribution in [2.45, 2.75) is 11.7 Å². The van der Waals surface area contributed by atoms with E-state index in [1.54, 1.807) is 5.32 Å². The SMILES string of the molecule is O=C(C[C@@H]1SC(=S)NC1=O)Nc1c(F)c(F)cc(F)c1F. The van der Waals surface area contributed by atoms with Gasteiger partial charge in [0.2, 0.25) is 11.8 Å². The number of hydrogen-bond acceptors (Lipinski definition) is 4. The molecular weight excluding hydrogens is 332 g/mol. The van der Waals surface area contributed by atoms with Gasteiger partial charge in [-0.1, -0.05) is 24.0 Å². The molecule has 1 aromatic rings. The van der Waals surface area contributed by atoms with Gasteiger partial charge in [0.1, 0.15) is 10.0 Å². The topological polar surface area (TPSA) is 58.2 Å². The number of halogens is 4. The van der Waals surface area contributed by atoms with E-state index in [1.165, 1.54) is 0 Å². The minimum absolute atomic E-state index is 0.0268. The summed E-state index contributed by atoms with van der Waals surface area (Å²) in [5.74, 6) is -8.22.